The van der Waals surface area contributed by atoms with E-state index in [-0.39, 0.29) is 23.9 Å². The summed E-state index contributed by atoms with van der Waals surface area (Å²) in [4.78, 5) is 12.5. The Morgan fingerprint density at radius 1 is 1.02 bits per heavy atom. The number of aliphatic carboxylic acids is 1. The number of hydrogen-bond acceptors (Lipinski definition) is 6. The molecule has 0 aromatic rings. The molecule has 0 saturated heterocycles. The third kappa shape index (κ3) is 7.36. The first-order chi connectivity index (χ1) is 19.2. The van der Waals surface area contributed by atoms with Crippen LogP contribution in [0.15, 0.2) is 73.3 Å². The highest BCUT2D eigenvalue weighted by atomic mass is 16.7. The van der Waals surface area contributed by atoms with E-state index in [1.807, 2.05) is 6.08 Å². The smallest absolute Gasteiger partial charge is 0.339 e. The molecule has 4 unspecified atom stereocenters. The molecule has 7 heteroatoms. The van der Waals surface area contributed by atoms with Crippen molar-refractivity contribution in [2.75, 3.05) is 0 Å². The molecule has 0 aromatic carbocycles. The first kappa shape index (κ1) is 30.4. The number of rotatable bonds is 15. The molecule has 2 aliphatic carbocycles. The van der Waals surface area contributed by atoms with Gasteiger partial charge in [0.1, 0.15) is 5.60 Å². The van der Waals surface area contributed by atoms with Crippen LogP contribution in [-0.2, 0) is 23.7 Å². The maximum Gasteiger partial charge on any atom is 0.339 e. The molecule has 0 aromatic heterocycles. The molecule has 0 amide bonds. The number of aliphatic hydroxyl groups excluding tert-OH is 1. The highest BCUT2D eigenvalue weighted by Crippen LogP contribution is 2.58. The van der Waals surface area contributed by atoms with Crippen molar-refractivity contribution < 1.29 is 34.0 Å². The first-order valence-corrected chi connectivity index (χ1v) is 14.8. The van der Waals surface area contributed by atoms with Crippen LogP contribution in [0.3, 0.4) is 0 Å². The Morgan fingerprint density at radius 3 is 2.35 bits per heavy atom. The van der Waals surface area contributed by atoms with Gasteiger partial charge in [0.25, 0.3) is 0 Å². The summed E-state index contributed by atoms with van der Waals surface area (Å²) in [5.41, 5.74) is -2.40. The van der Waals surface area contributed by atoms with Crippen LogP contribution in [0.1, 0.15) is 78.6 Å². The molecule has 2 saturated carbocycles. The van der Waals surface area contributed by atoms with E-state index in [1.54, 1.807) is 36.5 Å². The first-order valence-electron chi connectivity index (χ1n) is 14.8. The second kappa shape index (κ2) is 13.4. The molecule has 0 spiro atoms. The zero-order valence-corrected chi connectivity index (χ0v) is 24.1. The van der Waals surface area contributed by atoms with Crippen LogP contribution < -0.4 is 0 Å². The van der Waals surface area contributed by atoms with Crippen molar-refractivity contribution in [2.24, 2.45) is 17.3 Å². The van der Waals surface area contributed by atoms with Crippen molar-refractivity contribution >= 4 is 5.97 Å². The standard InChI is InChI=1S/C33H46O7/c1-4-5-19-31(2,3)20-12-13-25-17-18-27(34)26(25)14-6-9-21-32(39-28-15-7-10-22-37-28)24-33(32,30(35)36)40-29-16-8-11-23-38-29/h6-13,15-16,22-23,25-29,34H,4-5,14,17-21,24H2,1-3H3,(H,35,36)/b9-6?,13-12+/t25-,26+,27-,28?,29?,32?,33?/m0/s1. The van der Waals surface area contributed by atoms with Gasteiger partial charge in [-0.15, -0.1) is 0 Å². The fourth-order valence-electron chi connectivity index (χ4n) is 6.04. The van der Waals surface area contributed by atoms with Gasteiger partial charge in [-0.25, -0.2) is 4.79 Å². The predicted octanol–water partition coefficient (Wildman–Crippen LogP) is 6.72. The molecule has 0 bridgehead atoms. The molecule has 4 rings (SSSR count). The van der Waals surface area contributed by atoms with Crippen LogP contribution in [0.2, 0.25) is 0 Å². The van der Waals surface area contributed by atoms with E-state index in [9.17, 15) is 15.0 Å². The molecule has 40 heavy (non-hydrogen) atoms. The van der Waals surface area contributed by atoms with E-state index in [2.05, 4.69) is 39.0 Å². The van der Waals surface area contributed by atoms with Crippen LogP contribution in [0.25, 0.3) is 0 Å². The number of hydrogen-bond donors (Lipinski definition) is 2. The highest BCUT2D eigenvalue weighted by Gasteiger charge is 2.77. The molecule has 220 valence electrons. The number of allylic oxidation sites excluding steroid dienone is 7. The number of ether oxygens (including phenoxy) is 4. The summed E-state index contributed by atoms with van der Waals surface area (Å²) in [7, 11) is 0. The Morgan fingerprint density at radius 2 is 1.73 bits per heavy atom. The number of aliphatic hydroxyl groups is 1. The van der Waals surface area contributed by atoms with Gasteiger partial charge in [0.05, 0.1) is 18.6 Å². The van der Waals surface area contributed by atoms with Crippen molar-refractivity contribution in [3.63, 3.8) is 0 Å². The largest absolute Gasteiger partial charge is 0.479 e. The van der Waals surface area contributed by atoms with Crippen molar-refractivity contribution in [1.82, 2.24) is 0 Å². The number of carboxylic acids is 1. The van der Waals surface area contributed by atoms with E-state index in [0.717, 1.165) is 19.3 Å². The Labute approximate surface area is 238 Å². The second-order valence-corrected chi connectivity index (χ2v) is 12.3. The van der Waals surface area contributed by atoms with Gasteiger partial charge >= 0.3 is 5.97 Å². The van der Waals surface area contributed by atoms with Crippen molar-refractivity contribution in [1.29, 1.82) is 0 Å². The fourth-order valence-corrected chi connectivity index (χ4v) is 6.04. The van der Waals surface area contributed by atoms with Crippen LogP contribution in [-0.4, -0.2) is 46.1 Å². The molecule has 7 atom stereocenters. The molecule has 2 fully saturated rings. The molecule has 0 radical (unpaired) electrons. The van der Waals surface area contributed by atoms with E-state index in [4.69, 9.17) is 18.9 Å². The van der Waals surface area contributed by atoms with Gasteiger partial charge in [-0.05, 0) is 80.1 Å². The minimum atomic E-state index is -1.57. The van der Waals surface area contributed by atoms with Crippen molar-refractivity contribution in [2.45, 2.75) is 108 Å². The summed E-state index contributed by atoms with van der Waals surface area (Å²) in [6.45, 7) is 6.88. The Balaban J connectivity index is 1.40. The monoisotopic (exact) mass is 554 g/mol. The third-order valence-corrected chi connectivity index (χ3v) is 8.61. The summed E-state index contributed by atoms with van der Waals surface area (Å²) in [5.74, 6) is -0.615. The zero-order chi connectivity index (χ0) is 28.6. The number of carbonyl (C=O) groups is 1. The van der Waals surface area contributed by atoms with E-state index < -0.39 is 29.8 Å². The third-order valence-electron chi connectivity index (χ3n) is 8.61. The molecule has 2 aliphatic heterocycles. The number of unbranched alkanes of at least 4 members (excludes halogenated alkanes) is 1. The highest BCUT2D eigenvalue weighted by molar-refractivity contribution is 5.84. The fraction of sp³-hybridized carbons (Fsp3) is 0.606. The number of carboxylic acid groups (broad SMARTS) is 1. The molecule has 2 heterocycles. The van der Waals surface area contributed by atoms with Gasteiger partial charge in [-0.2, -0.15) is 0 Å². The van der Waals surface area contributed by atoms with Gasteiger partial charge in [0.2, 0.25) is 18.2 Å². The quantitative estimate of drug-likeness (QED) is 0.217. The molecular weight excluding hydrogens is 508 g/mol. The average Bonchev–Trinajstić information content (AvgIpc) is 3.42. The average molecular weight is 555 g/mol. The Hall–Kier alpha value is -2.61. The van der Waals surface area contributed by atoms with E-state index >= 15 is 0 Å². The maximum absolute atomic E-state index is 12.5. The molecule has 7 nitrogen and oxygen atoms in total. The van der Waals surface area contributed by atoms with Crippen LogP contribution in [0, 0.1) is 17.3 Å². The van der Waals surface area contributed by atoms with Crippen LogP contribution >= 0.6 is 0 Å². The lowest BCUT2D eigenvalue weighted by molar-refractivity contribution is -0.205. The minimum Gasteiger partial charge on any atom is -0.479 e. The second-order valence-electron chi connectivity index (χ2n) is 12.3. The summed E-state index contributed by atoms with van der Waals surface area (Å²) < 4.78 is 23.3. The summed E-state index contributed by atoms with van der Waals surface area (Å²) >= 11 is 0. The van der Waals surface area contributed by atoms with Crippen molar-refractivity contribution in [3.8, 4) is 0 Å². The summed E-state index contributed by atoms with van der Waals surface area (Å²) in [6, 6.07) is 0. The normalized spacial score (nSPS) is 35.0. The van der Waals surface area contributed by atoms with Gasteiger partial charge in [-0.1, -0.05) is 70.1 Å². The van der Waals surface area contributed by atoms with Crippen LogP contribution in [0.5, 0.6) is 0 Å². The lowest BCUT2D eigenvalue weighted by Gasteiger charge is -2.28. The molecule has 2 N–H and O–H groups in total. The zero-order valence-electron chi connectivity index (χ0n) is 24.1. The van der Waals surface area contributed by atoms with Gasteiger partial charge in [0.15, 0.2) is 0 Å². The van der Waals surface area contributed by atoms with Crippen LogP contribution in [0.4, 0.5) is 0 Å². The van der Waals surface area contributed by atoms with Gasteiger partial charge in [-0.3, -0.25) is 0 Å². The summed E-state index contributed by atoms with van der Waals surface area (Å²) in [6.07, 6.45) is 27.9. The molecular formula is C33H46O7. The Kier molecular flexibility index (Phi) is 10.1. The lowest BCUT2D eigenvalue weighted by atomic mass is 9.83. The van der Waals surface area contributed by atoms with E-state index in [0.29, 0.717) is 18.8 Å². The maximum atomic E-state index is 12.5. The van der Waals surface area contributed by atoms with Gasteiger partial charge < -0.3 is 29.2 Å². The minimum absolute atomic E-state index is 0.144. The molecule has 4 aliphatic rings. The van der Waals surface area contributed by atoms with E-state index in [1.165, 1.54) is 31.8 Å². The Bertz CT molecular complexity index is 1040. The van der Waals surface area contributed by atoms with Crippen molar-refractivity contribution in [3.05, 3.63) is 73.3 Å². The van der Waals surface area contributed by atoms with Gasteiger partial charge in [0, 0.05) is 6.42 Å². The topological polar surface area (TPSA) is 94.5 Å². The summed E-state index contributed by atoms with van der Waals surface area (Å²) in [5, 5.41) is 21.0. The predicted molar refractivity (Wildman–Crippen MR) is 154 cm³/mol. The SMILES string of the molecule is CCCCC(C)(C)C/C=C/[C@H]1CC[C@H](O)[C@@H]1CC=CCC1(OC2C=CC=CO2)CC1(OC1C=CC=CO1)C(=O)O. The lowest BCUT2D eigenvalue weighted by Crippen LogP contribution is -2.43.